The molecule has 0 fully saturated rings. The number of pyridine rings is 1. The van der Waals surface area contributed by atoms with Crippen LogP contribution in [0.1, 0.15) is 10.4 Å². The van der Waals surface area contributed by atoms with Crippen molar-refractivity contribution >= 4 is 5.91 Å². The molecule has 0 aliphatic rings. The Hall–Kier alpha value is -1.96. The summed E-state index contributed by atoms with van der Waals surface area (Å²) in [4.78, 5) is 14.1. The first-order valence-corrected chi connectivity index (χ1v) is 2.70. The monoisotopic (exact) mass is 150 g/mol. The molecular weight excluding hydrogens is 144 g/mol. The smallest absolute Gasteiger partial charge is 0.250 e. The van der Waals surface area contributed by atoms with Crippen molar-refractivity contribution in [2.75, 3.05) is 0 Å². The Labute approximate surface area is 63.3 Å². The van der Waals surface area contributed by atoms with Crippen molar-refractivity contribution in [3.8, 4) is 0 Å². The standard InChI is InChI=1S/C6H6N2O.N2/c7-6(9)5-2-1-3-8-4-5;1-2/h1-4H,(H2,7,9);. The van der Waals surface area contributed by atoms with Crippen LogP contribution in [0.15, 0.2) is 24.5 Å². The van der Waals surface area contributed by atoms with Crippen LogP contribution in [0, 0.1) is 10.8 Å². The highest BCUT2D eigenvalue weighted by molar-refractivity contribution is 5.92. The number of carbonyl (C=O) groups is 1. The lowest BCUT2D eigenvalue weighted by Gasteiger charge is -1.88. The highest BCUT2D eigenvalue weighted by Crippen LogP contribution is 1.91. The number of nitrogens with two attached hydrogens (primary N) is 1. The van der Waals surface area contributed by atoms with E-state index in [4.69, 9.17) is 16.5 Å². The van der Waals surface area contributed by atoms with Crippen molar-refractivity contribution in [1.29, 1.82) is 10.8 Å². The molecule has 0 aliphatic heterocycles. The van der Waals surface area contributed by atoms with Crippen LogP contribution in [-0.4, -0.2) is 10.9 Å². The molecule has 0 aromatic carbocycles. The van der Waals surface area contributed by atoms with Gasteiger partial charge in [-0.2, -0.15) is 0 Å². The van der Waals surface area contributed by atoms with Crippen molar-refractivity contribution in [3.05, 3.63) is 30.1 Å². The first-order valence-electron chi connectivity index (χ1n) is 2.70. The molecule has 11 heavy (non-hydrogen) atoms. The van der Waals surface area contributed by atoms with Crippen molar-refractivity contribution in [2.45, 2.75) is 0 Å². The first kappa shape index (κ1) is 9.04. The van der Waals surface area contributed by atoms with Gasteiger partial charge in [-0.25, -0.2) is 0 Å². The predicted molar refractivity (Wildman–Crippen MR) is 36.2 cm³/mol. The summed E-state index contributed by atoms with van der Waals surface area (Å²) >= 11 is 0. The average Bonchev–Trinajstić information content (AvgIpc) is 2.10. The summed E-state index contributed by atoms with van der Waals surface area (Å²) in [7, 11) is 0. The van der Waals surface area contributed by atoms with Crippen molar-refractivity contribution < 1.29 is 4.79 Å². The molecule has 0 aliphatic carbocycles. The van der Waals surface area contributed by atoms with Gasteiger partial charge in [0.25, 0.3) is 0 Å². The molecule has 5 nitrogen and oxygen atoms in total. The number of hydrogen-bond acceptors (Lipinski definition) is 4. The zero-order valence-electron chi connectivity index (χ0n) is 5.64. The van der Waals surface area contributed by atoms with Gasteiger partial charge >= 0.3 is 0 Å². The number of hydrogen-bond donors (Lipinski definition) is 1. The fourth-order valence-electron chi connectivity index (χ4n) is 0.509. The second-order valence-electron chi connectivity index (χ2n) is 1.61. The lowest BCUT2D eigenvalue weighted by atomic mass is 10.3. The maximum absolute atomic E-state index is 10.4. The Bertz CT molecular complexity index is 243. The quantitative estimate of drug-likeness (QED) is 0.577. The molecule has 1 rings (SSSR count). The van der Waals surface area contributed by atoms with Crippen molar-refractivity contribution in [3.63, 3.8) is 0 Å². The molecule has 1 aromatic heterocycles. The van der Waals surface area contributed by atoms with E-state index in [2.05, 4.69) is 4.98 Å². The van der Waals surface area contributed by atoms with Gasteiger partial charge in [-0.3, -0.25) is 9.78 Å². The molecular formula is C6H6N4O. The Balaban J connectivity index is 0.000000461. The van der Waals surface area contributed by atoms with Gasteiger partial charge in [0, 0.05) is 23.2 Å². The van der Waals surface area contributed by atoms with Crippen molar-refractivity contribution in [2.24, 2.45) is 5.73 Å². The fraction of sp³-hybridized carbons (Fsp3) is 0. The Morgan fingerprint density at radius 3 is 2.45 bits per heavy atom. The zero-order chi connectivity index (χ0) is 8.69. The van der Waals surface area contributed by atoms with Gasteiger partial charge < -0.3 is 5.73 Å². The van der Waals surface area contributed by atoms with E-state index in [1.807, 2.05) is 0 Å². The molecule has 0 radical (unpaired) electrons. The minimum Gasteiger partial charge on any atom is -0.366 e. The van der Waals surface area contributed by atoms with Gasteiger partial charge in [0.15, 0.2) is 0 Å². The molecule has 56 valence electrons. The Kier molecular flexibility index (Phi) is 4.01. The van der Waals surface area contributed by atoms with Crippen LogP contribution in [0.25, 0.3) is 0 Å². The summed E-state index contributed by atoms with van der Waals surface area (Å²) in [6.45, 7) is 0. The second-order valence-corrected chi connectivity index (χ2v) is 1.61. The van der Waals surface area contributed by atoms with Crippen LogP contribution in [-0.2, 0) is 0 Å². The fourth-order valence-corrected chi connectivity index (χ4v) is 0.509. The maximum Gasteiger partial charge on any atom is 0.250 e. The van der Waals surface area contributed by atoms with E-state index >= 15 is 0 Å². The molecule has 0 unspecified atom stereocenters. The molecule has 0 saturated heterocycles. The predicted octanol–water partition coefficient (Wildman–Crippen LogP) is 0.211. The number of primary amides is 1. The van der Waals surface area contributed by atoms with Crippen LogP contribution >= 0.6 is 0 Å². The van der Waals surface area contributed by atoms with E-state index in [0.29, 0.717) is 5.56 Å². The average molecular weight is 150 g/mol. The van der Waals surface area contributed by atoms with Crippen LogP contribution in [0.2, 0.25) is 0 Å². The van der Waals surface area contributed by atoms with Gasteiger partial charge in [-0.1, -0.05) is 0 Å². The lowest BCUT2D eigenvalue weighted by Crippen LogP contribution is -2.10. The number of nitrogens with zero attached hydrogens (tertiary/aromatic N) is 3. The van der Waals surface area contributed by atoms with Gasteiger partial charge in [-0.05, 0) is 12.1 Å². The molecule has 1 amide bonds. The molecule has 1 heterocycles. The van der Waals surface area contributed by atoms with Crippen LogP contribution < -0.4 is 5.73 Å². The lowest BCUT2D eigenvalue weighted by molar-refractivity contribution is 0.1000. The molecule has 0 spiro atoms. The third-order valence-corrected chi connectivity index (χ3v) is 0.946. The van der Waals surface area contributed by atoms with Crippen molar-refractivity contribution in [1.82, 2.24) is 4.98 Å². The van der Waals surface area contributed by atoms with Crippen LogP contribution in [0.3, 0.4) is 0 Å². The molecule has 0 bridgehead atoms. The Morgan fingerprint density at radius 1 is 1.55 bits per heavy atom. The summed E-state index contributed by atoms with van der Waals surface area (Å²) in [5, 5.41) is 12.0. The number of rotatable bonds is 1. The van der Waals surface area contributed by atoms with E-state index in [1.165, 1.54) is 6.20 Å². The van der Waals surface area contributed by atoms with Crippen LogP contribution in [0.4, 0.5) is 0 Å². The number of carbonyl (C=O) groups excluding carboxylic acids is 1. The highest BCUT2D eigenvalue weighted by Gasteiger charge is 1.94. The van der Waals surface area contributed by atoms with E-state index in [9.17, 15) is 4.79 Å². The molecule has 0 atom stereocenters. The normalized spacial score (nSPS) is 7.45. The summed E-state index contributed by atoms with van der Waals surface area (Å²) in [6.07, 6.45) is 3.02. The largest absolute Gasteiger partial charge is 0.366 e. The SMILES string of the molecule is N#N.NC(=O)c1cccnc1. The van der Waals surface area contributed by atoms with E-state index in [0.717, 1.165) is 0 Å². The third kappa shape index (κ3) is 2.91. The van der Waals surface area contributed by atoms with Gasteiger partial charge in [0.05, 0.1) is 5.56 Å². The maximum atomic E-state index is 10.4. The molecule has 2 N–H and O–H groups in total. The molecule has 5 heteroatoms. The minimum absolute atomic E-state index is 0.442. The summed E-state index contributed by atoms with van der Waals surface area (Å²) in [5.74, 6) is -0.442. The molecule has 1 aromatic rings. The summed E-state index contributed by atoms with van der Waals surface area (Å²) in [5.41, 5.74) is 5.38. The van der Waals surface area contributed by atoms with Gasteiger partial charge in [0.1, 0.15) is 0 Å². The van der Waals surface area contributed by atoms with Crippen LogP contribution in [0.5, 0.6) is 0 Å². The number of aromatic nitrogens is 1. The summed E-state index contributed by atoms with van der Waals surface area (Å²) in [6, 6.07) is 3.29. The van der Waals surface area contributed by atoms with Gasteiger partial charge in [0.2, 0.25) is 5.91 Å². The summed E-state index contributed by atoms with van der Waals surface area (Å²) < 4.78 is 0. The third-order valence-electron chi connectivity index (χ3n) is 0.946. The van der Waals surface area contributed by atoms with Gasteiger partial charge in [-0.15, -0.1) is 0 Å². The first-order chi connectivity index (χ1) is 5.30. The number of amides is 1. The Morgan fingerprint density at radius 2 is 2.18 bits per heavy atom. The molecule has 0 saturated carbocycles. The zero-order valence-corrected chi connectivity index (χ0v) is 5.64. The second kappa shape index (κ2) is 4.88. The van der Waals surface area contributed by atoms with E-state index in [-0.39, 0.29) is 0 Å². The topological polar surface area (TPSA) is 104 Å². The van der Waals surface area contributed by atoms with E-state index in [1.54, 1.807) is 18.3 Å². The highest BCUT2D eigenvalue weighted by atomic mass is 16.1. The van der Waals surface area contributed by atoms with E-state index < -0.39 is 5.91 Å². The minimum atomic E-state index is -0.442.